The normalized spacial score (nSPS) is 15.4. The van der Waals surface area contributed by atoms with E-state index in [1.807, 2.05) is 6.92 Å². The number of methoxy groups -OCH3 is 1. The SMILES string of the molecule is CCCN1CC(=O)N(c2ccccc2OC)C1=O. The van der Waals surface area contributed by atoms with Crippen LogP contribution >= 0.6 is 0 Å². The molecule has 0 bridgehead atoms. The largest absolute Gasteiger partial charge is 0.495 e. The molecule has 0 aromatic heterocycles. The number of amides is 3. The molecule has 0 radical (unpaired) electrons. The fraction of sp³-hybridized carbons (Fsp3) is 0.385. The molecule has 0 atom stereocenters. The van der Waals surface area contributed by atoms with Crippen LogP contribution in [0.25, 0.3) is 0 Å². The number of hydrogen-bond acceptors (Lipinski definition) is 3. The van der Waals surface area contributed by atoms with Gasteiger partial charge in [0.25, 0.3) is 5.91 Å². The van der Waals surface area contributed by atoms with Crippen LogP contribution in [0.2, 0.25) is 0 Å². The van der Waals surface area contributed by atoms with Gasteiger partial charge in [0.2, 0.25) is 0 Å². The molecule has 1 fully saturated rings. The van der Waals surface area contributed by atoms with Crippen molar-refractivity contribution in [1.82, 2.24) is 4.90 Å². The van der Waals surface area contributed by atoms with Gasteiger partial charge in [-0.3, -0.25) is 4.79 Å². The van der Waals surface area contributed by atoms with Crippen LogP contribution in [0.4, 0.5) is 10.5 Å². The molecule has 5 heteroatoms. The highest BCUT2D eigenvalue weighted by Gasteiger charge is 2.37. The van der Waals surface area contributed by atoms with Gasteiger partial charge in [-0.05, 0) is 18.6 Å². The second kappa shape index (κ2) is 5.08. The van der Waals surface area contributed by atoms with E-state index in [4.69, 9.17) is 4.74 Å². The molecule has 1 aromatic carbocycles. The number of para-hydroxylation sites is 2. The Labute approximate surface area is 106 Å². The monoisotopic (exact) mass is 248 g/mol. The molecule has 1 saturated heterocycles. The Morgan fingerprint density at radius 3 is 2.67 bits per heavy atom. The van der Waals surface area contributed by atoms with Crippen molar-refractivity contribution in [1.29, 1.82) is 0 Å². The van der Waals surface area contributed by atoms with Crippen molar-refractivity contribution in [3.8, 4) is 5.75 Å². The number of rotatable bonds is 4. The molecule has 18 heavy (non-hydrogen) atoms. The van der Waals surface area contributed by atoms with E-state index in [9.17, 15) is 9.59 Å². The molecular weight excluding hydrogens is 232 g/mol. The fourth-order valence-electron chi connectivity index (χ4n) is 2.05. The average Bonchev–Trinajstić information content (AvgIpc) is 2.65. The van der Waals surface area contributed by atoms with E-state index in [-0.39, 0.29) is 18.5 Å². The maximum atomic E-state index is 12.1. The van der Waals surface area contributed by atoms with Crippen LogP contribution in [0.15, 0.2) is 24.3 Å². The number of hydrogen-bond donors (Lipinski definition) is 0. The minimum atomic E-state index is -0.272. The first-order valence-electron chi connectivity index (χ1n) is 5.94. The van der Waals surface area contributed by atoms with Gasteiger partial charge >= 0.3 is 6.03 Å². The molecule has 2 rings (SSSR count). The standard InChI is InChI=1S/C13H16N2O3/c1-3-8-14-9-12(16)15(13(14)17)10-6-4-5-7-11(10)18-2/h4-7H,3,8-9H2,1-2H3. The van der Waals surface area contributed by atoms with Crippen molar-refractivity contribution < 1.29 is 14.3 Å². The summed E-state index contributed by atoms with van der Waals surface area (Å²) >= 11 is 0. The van der Waals surface area contributed by atoms with Crippen molar-refractivity contribution in [3.05, 3.63) is 24.3 Å². The fourth-order valence-corrected chi connectivity index (χ4v) is 2.05. The van der Waals surface area contributed by atoms with Crippen LogP contribution in [0.1, 0.15) is 13.3 Å². The predicted octanol–water partition coefficient (Wildman–Crippen LogP) is 1.87. The summed E-state index contributed by atoms with van der Waals surface area (Å²) in [6.45, 7) is 2.71. The van der Waals surface area contributed by atoms with Gasteiger partial charge in [-0.15, -0.1) is 0 Å². The number of carbonyl (C=O) groups excluding carboxylic acids is 2. The van der Waals surface area contributed by atoms with E-state index in [2.05, 4.69) is 0 Å². The average molecular weight is 248 g/mol. The van der Waals surface area contributed by atoms with Crippen LogP contribution in [0, 0.1) is 0 Å². The van der Waals surface area contributed by atoms with E-state index in [1.165, 1.54) is 12.0 Å². The van der Waals surface area contributed by atoms with E-state index >= 15 is 0 Å². The molecule has 3 amide bonds. The summed E-state index contributed by atoms with van der Waals surface area (Å²) < 4.78 is 5.18. The van der Waals surface area contributed by atoms with E-state index < -0.39 is 0 Å². The van der Waals surface area contributed by atoms with Crippen LogP contribution < -0.4 is 9.64 Å². The number of imide groups is 1. The molecule has 0 unspecified atom stereocenters. The van der Waals surface area contributed by atoms with Crippen molar-refractivity contribution in [2.75, 3.05) is 25.1 Å². The van der Waals surface area contributed by atoms with Gasteiger partial charge < -0.3 is 9.64 Å². The molecular formula is C13H16N2O3. The minimum absolute atomic E-state index is 0.144. The molecule has 5 nitrogen and oxygen atoms in total. The Balaban J connectivity index is 2.33. The zero-order chi connectivity index (χ0) is 13.1. The summed E-state index contributed by atoms with van der Waals surface area (Å²) in [4.78, 5) is 26.8. The molecule has 1 aliphatic heterocycles. The molecule has 0 N–H and O–H groups in total. The van der Waals surface area contributed by atoms with E-state index in [1.54, 1.807) is 29.2 Å². The highest BCUT2D eigenvalue weighted by Crippen LogP contribution is 2.30. The van der Waals surface area contributed by atoms with Crippen LogP contribution in [-0.4, -0.2) is 37.0 Å². The Hall–Kier alpha value is -2.04. The Morgan fingerprint density at radius 2 is 2.00 bits per heavy atom. The highest BCUT2D eigenvalue weighted by molar-refractivity contribution is 6.20. The number of anilines is 1. The first-order valence-corrected chi connectivity index (χ1v) is 5.94. The second-order valence-electron chi connectivity index (χ2n) is 4.11. The molecule has 0 saturated carbocycles. The quantitative estimate of drug-likeness (QED) is 0.764. The van der Waals surface area contributed by atoms with Crippen molar-refractivity contribution in [3.63, 3.8) is 0 Å². The Kier molecular flexibility index (Phi) is 3.50. The second-order valence-corrected chi connectivity index (χ2v) is 4.11. The van der Waals surface area contributed by atoms with Crippen LogP contribution in [-0.2, 0) is 4.79 Å². The van der Waals surface area contributed by atoms with Crippen molar-refractivity contribution in [2.45, 2.75) is 13.3 Å². The maximum absolute atomic E-state index is 12.1. The number of urea groups is 1. The maximum Gasteiger partial charge on any atom is 0.332 e. The van der Waals surface area contributed by atoms with E-state index in [0.29, 0.717) is 18.0 Å². The number of ether oxygens (including phenoxy) is 1. The molecule has 1 aliphatic rings. The van der Waals surface area contributed by atoms with Gasteiger partial charge in [0, 0.05) is 6.54 Å². The zero-order valence-electron chi connectivity index (χ0n) is 10.5. The lowest BCUT2D eigenvalue weighted by molar-refractivity contribution is -0.116. The number of benzene rings is 1. The summed E-state index contributed by atoms with van der Waals surface area (Å²) in [6.07, 6.45) is 0.832. The molecule has 1 heterocycles. The number of nitrogens with zero attached hydrogens (tertiary/aromatic N) is 2. The number of carbonyl (C=O) groups is 2. The molecule has 0 aliphatic carbocycles. The van der Waals surface area contributed by atoms with E-state index in [0.717, 1.165) is 6.42 Å². The molecule has 1 aromatic rings. The summed E-state index contributed by atoms with van der Waals surface area (Å²) in [5.41, 5.74) is 0.508. The third kappa shape index (κ3) is 2.03. The van der Waals surface area contributed by atoms with Crippen molar-refractivity contribution in [2.24, 2.45) is 0 Å². The zero-order valence-corrected chi connectivity index (χ0v) is 10.5. The Bertz CT molecular complexity index is 473. The van der Waals surface area contributed by atoms with Gasteiger partial charge in [-0.25, -0.2) is 9.69 Å². The summed E-state index contributed by atoms with van der Waals surface area (Å²) in [6, 6.07) is 6.76. The van der Waals surface area contributed by atoms with Gasteiger partial charge in [-0.2, -0.15) is 0 Å². The topological polar surface area (TPSA) is 49.9 Å². The first kappa shape index (κ1) is 12.4. The smallest absolute Gasteiger partial charge is 0.332 e. The lowest BCUT2D eigenvalue weighted by Crippen LogP contribution is -2.33. The highest BCUT2D eigenvalue weighted by atomic mass is 16.5. The van der Waals surface area contributed by atoms with Gasteiger partial charge in [0.05, 0.1) is 12.8 Å². The van der Waals surface area contributed by atoms with Crippen LogP contribution in [0.3, 0.4) is 0 Å². The Morgan fingerprint density at radius 1 is 1.28 bits per heavy atom. The van der Waals surface area contributed by atoms with Gasteiger partial charge in [0.1, 0.15) is 12.3 Å². The lowest BCUT2D eigenvalue weighted by atomic mass is 10.2. The van der Waals surface area contributed by atoms with Crippen molar-refractivity contribution >= 4 is 17.6 Å². The predicted molar refractivity (Wildman–Crippen MR) is 67.7 cm³/mol. The lowest BCUT2D eigenvalue weighted by Gasteiger charge is -2.18. The van der Waals surface area contributed by atoms with Gasteiger partial charge in [-0.1, -0.05) is 19.1 Å². The third-order valence-corrected chi connectivity index (χ3v) is 2.86. The molecule has 0 spiro atoms. The molecule has 96 valence electrons. The summed E-state index contributed by atoms with van der Waals surface area (Å²) in [7, 11) is 1.52. The van der Waals surface area contributed by atoms with Gasteiger partial charge in [0.15, 0.2) is 0 Å². The first-order chi connectivity index (χ1) is 8.69. The summed E-state index contributed by atoms with van der Waals surface area (Å²) in [5.74, 6) is 0.315. The van der Waals surface area contributed by atoms with Crippen LogP contribution in [0.5, 0.6) is 5.75 Å². The third-order valence-electron chi connectivity index (χ3n) is 2.86. The minimum Gasteiger partial charge on any atom is -0.495 e. The summed E-state index contributed by atoms with van der Waals surface area (Å²) in [5, 5.41) is 0.